The van der Waals surface area contributed by atoms with Gasteiger partial charge in [0.25, 0.3) is 5.91 Å². The molecule has 1 saturated heterocycles. The number of nitrogens with zero attached hydrogens (tertiary/aromatic N) is 2. The van der Waals surface area contributed by atoms with Gasteiger partial charge in [0, 0.05) is 36.8 Å². The maximum absolute atomic E-state index is 13.3. The number of benzene rings is 2. The van der Waals surface area contributed by atoms with E-state index < -0.39 is 21.7 Å². The van der Waals surface area contributed by atoms with Gasteiger partial charge in [-0.2, -0.15) is 4.31 Å². The molecule has 1 fully saturated rings. The number of hydrogen-bond donors (Lipinski definition) is 0. The van der Waals surface area contributed by atoms with Crippen LogP contribution in [-0.2, 0) is 10.0 Å². The minimum Gasteiger partial charge on any atom is -0.336 e. The van der Waals surface area contributed by atoms with Gasteiger partial charge in [-0.3, -0.25) is 4.79 Å². The summed E-state index contributed by atoms with van der Waals surface area (Å²) < 4.78 is 52.6. The van der Waals surface area contributed by atoms with Crippen molar-refractivity contribution in [2.45, 2.75) is 4.90 Å². The molecule has 2 aromatic rings. The highest BCUT2D eigenvalue weighted by Gasteiger charge is 2.31. The van der Waals surface area contributed by atoms with E-state index >= 15 is 0 Å². The van der Waals surface area contributed by atoms with Gasteiger partial charge >= 0.3 is 0 Å². The molecule has 0 spiro atoms. The molecule has 0 unspecified atom stereocenters. The fraction of sp³-hybridized carbons (Fsp3) is 0.235. The van der Waals surface area contributed by atoms with Gasteiger partial charge in [0.1, 0.15) is 0 Å². The van der Waals surface area contributed by atoms with E-state index in [1.807, 2.05) is 0 Å². The van der Waals surface area contributed by atoms with Crippen molar-refractivity contribution in [1.29, 1.82) is 0 Å². The van der Waals surface area contributed by atoms with Crippen LogP contribution in [0.2, 0.25) is 5.02 Å². The normalized spacial score (nSPS) is 15.9. The van der Waals surface area contributed by atoms with E-state index in [0.29, 0.717) is 16.7 Å². The van der Waals surface area contributed by atoms with E-state index in [1.54, 1.807) is 29.2 Å². The van der Waals surface area contributed by atoms with Crippen molar-refractivity contribution in [2.24, 2.45) is 0 Å². The molecule has 1 amide bonds. The number of halogens is 3. The Labute approximate surface area is 154 Å². The van der Waals surface area contributed by atoms with Crippen molar-refractivity contribution < 1.29 is 22.0 Å². The molecule has 0 bridgehead atoms. The molecule has 0 radical (unpaired) electrons. The number of carbonyl (C=O) groups is 1. The molecule has 26 heavy (non-hydrogen) atoms. The summed E-state index contributed by atoms with van der Waals surface area (Å²) in [5, 5.41) is 0.518. The zero-order valence-electron chi connectivity index (χ0n) is 13.5. The first-order valence-corrected chi connectivity index (χ1v) is 9.61. The van der Waals surface area contributed by atoms with Gasteiger partial charge in [-0.1, -0.05) is 11.6 Å². The first kappa shape index (κ1) is 18.8. The quantitative estimate of drug-likeness (QED) is 0.796. The molecule has 0 aliphatic carbocycles. The summed E-state index contributed by atoms with van der Waals surface area (Å²) >= 11 is 5.80. The van der Waals surface area contributed by atoms with E-state index in [-0.39, 0.29) is 37.0 Å². The lowest BCUT2D eigenvalue weighted by atomic mass is 10.2. The van der Waals surface area contributed by atoms with Crippen LogP contribution < -0.4 is 0 Å². The minimum absolute atomic E-state index is 0.0701. The number of amides is 1. The van der Waals surface area contributed by atoms with Crippen LogP contribution in [-0.4, -0.2) is 49.7 Å². The lowest BCUT2D eigenvalue weighted by Gasteiger charge is -2.34. The van der Waals surface area contributed by atoms with Crippen molar-refractivity contribution >= 4 is 27.5 Å². The van der Waals surface area contributed by atoms with Crippen LogP contribution in [0.4, 0.5) is 8.78 Å². The summed E-state index contributed by atoms with van der Waals surface area (Å²) in [6, 6.07) is 8.90. The van der Waals surface area contributed by atoms with Crippen molar-refractivity contribution in [1.82, 2.24) is 9.21 Å². The second-order valence-electron chi connectivity index (χ2n) is 5.78. The predicted molar refractivity (Wildman–Crippen MR) is 92.5 cm³/mol. The molecule has 9 heteroatoms. The maximum Gasteiger partial charge on any atom is 0.253 e. The summed E-state index contributed by atoms with van der Waals surface area (Å²) in [6.45, 7) is 0.538. The van der Waals surface area contributed by atoms with Crippen LogP contribution in [0, 0.1) is 11.6 Å². The number of piperazine rings is 1. The smallest absolute Gasteiger partial charge is 0.253 e. The molecule has 0 atom stereocenters. The Kier molecular flexibility index (Phi) is 5.27. The molecule has 3 rings (SSSR count). The average molecular weight is 401 g/mol. The standard InChI is InChI=1S/C17H15ClF2N2O3S/c18-13-3-1-12(2-4-13)17(23)21-7-9-22(10-8-21)26(24,25)14-5-6-15(19)16(20)11-14/h1-6,11H,7-10H2. The molecular weight excluding hydrogens is 386 g/mol. The van der Waals surface area contributed by atoms with Gasteiger partial charge in [-0.25, -0.2) is 17.2 Å². The zero-order valence-corrected chi connectivity index (χ0v) is 15.1. The Morgan fingerprint density at radius 3 is 2.12 bits per heavy atom. The molecule has 0 saturated carbocycles. The molecule has 1 aliphatic rings. The monoisotopic (exact) mass is 400 g/mol. The molecule has 138 valence electrons. The third-order valence-corrected chi connectivity index (χ3v) is 6.29. The first-order chi connectivity index (χ1) is 12.3. The highest BCUT2D eigenvalue weighted by molar-refractivity contribution is 7.89. The van der Waals surface area contributed by atoms with Crippen molar-refractivity contribution in [2.75, 3.05) is 26.2 Å². The van der Waals surface area contributed by atoms with E-state index in [4.69, 9.17) is 11.6 Å². The van der Waals surface area contributed by atoms with Crippen LogP contribution in [0.25, 0.3) is 0 Å². The molecule has 0 N–H and O–H groups in total. The van der Waals surface area contributed by atoms with Gasteiger partial charge in [0.15, 0.2) is 11.6 Å². The van der Waals surface area contributed by atoms with E-state index in [9.17, 15) is 22.0 Å². The van der Waals surface area contributed by atoms with Gasteiger partial charge < -0.3 is 4.90 Å². The number of carbonyl (C=O) groups excluding carboxylic acids is 1. The minimum atomic E-state index is -3.95. The SMILES string of the molecule is O=C(c1ccc(Cl)cc1)N1CCN(S(=O)(=O)c2ccc(F)c(F)c2)CC1. The Balaban J connectivity index is 1.70. The highest BCUT2D eigenvalue weighted by Crippen LogP contribution is 2.21. The van der Waals surface area contributed by atoms with Crippen molar-refractivity contribution in [3.63, 3.8) is 0 Å². The van der Waals surface area contributed by atoms with Crippen LogP contribution in [0.5, 0.6) is 0 Å². The van der Waals surface area contributed by atoms with Crippen LogP contribution >= 0.6 is 11.6 Å². The lowest BCUT2D eigenvalue weighted by molar-refractivity contribution is 0.0698. The molecular formula is C17H15ClF2N2O3S. The topological polar surface area (TPSA) is 57.7 Å². The average Bonchev–Trinajstić information content (AvgIpc) is 2.64. The fourth-order valence-electron chi connectivity index (χ4n) is 2.69. The second-order valence-corrected chi connectivity index (χ2v) is 8.15. The maximum atomic E-state index is 13.3. The van der Waals surface area contributed by atoms with Gasteiger partial charge in [-0.15, -0.1) is 0 Å². The lowest BCUT2D eigenvalue weighted by Crippen LogP contribution is -2.50. The fourth-order valence-corrected chi connectivity index (χ4v) is 4.25. The second kappa shape index (κ2) is 7.30. The largest absolute Gasteiger partial charge is 0.336 e. The van der Waals surface area contributed by atoms with Gasteiger partial charge in [-0.05, 0) is 42.5 Å². The Bertz CT molecular complexity index is 928. The Morgan fingerprint density at radius 2 is 1.54 bits per heavy atom. The third kappa shape index (κ3) is 3.72. The van der Waals surface area contributed by atoms with Crippen molar-refractivity contribution in [3.8, 4) is 0 Å². The van der Waals surface area contributed by atoms with Gasteiger partial charge in [0.05, 0.1) is 4.90 Å². The number of hydrogen-bond acceptors (Lipinski definition) is 3. The summed E-state index contributed by atoms with van der Waals surface area (Å²) in [5.74, 6) is -2.54. The predicted octanol–water partition coefficient (Wildman–Crippen LogP) is 2.76. The van der Waals surface area contributed by atoms with Crippen LogP contribution in [0.3, 0.4) is 0 Å². The zero-order chi connectivity index (χ0) is 18.9. The van der Waals surface area contributed by atoms with E-state index in [1.165, 1.54) is 0 Å². The van der Waals surface area contributed by atoms with E-state index in [0.717, 1.165) is 16.4 Å². The van der Waals surface area contributed by atoms with Crippen LogP contribution in [0.1, 0.15) is 10.4 Å². The molecule has 1 heterocycles. The Morgan fingerprint density at radius 1 is 0.923 bits per heavy atom. The highest BCUT2D eigenvalue weighted by atomic mass is 35.5. The molecule has 5 nitrogen and oxygen atoms in total. The first-order valence-electron chi connectivity index (χ1n) is 7.79. The van der Waals surface area contributed by atoms with Gasteiger partial charge in [0.2, 0.25) is 10.0 Å². The Hall–Kier alpha value is -2.03. The summed E-state index contributed by atoms with van der Waals surface area (Å²) in [5.41, 5.74) is 0.464. The number of rotatable bonds is 3. The van der Waals surface area contributed by atoms with Crippen LogP contribution in [0.15, 0.2) is 47.4 Å². The number of sulfonamides is 1. The third-order valence-electron chi connectivity index (χ3n) is 4.15. The van der Waals surface area contributed by atoms with Crippen molar-refractivity contribution in [3.05, 3.63) is 64.7 Å². The summed E-state index contributed by atoms with van der Waals surface area (Å²) in [7, 11) is -3.95. The molecule has 0 aromatic heterocycles. The molecule has 1 aliphatic heterocycles. The summed E-state index contributed by atoms with van der Waals surface area (Å²) in [6.07, 6.45) is 0. The molecule has 2 aromatic carbocycles. The summed E-state index contributed by atoms with van der Waals surface area (Å²) in [4.78, 5) is 13.7. The van der Waals surface area contributed by atoms with E-state index in [2.05, 4.69) is 0 Å².